The summed E-state index contributed by atoms with van der Waals surface area (Å²) in [4.78, 5) is 23.1. The van der Waals surface area contributed by atoms with E-state index in [0.717, 1.165) is 6.42 Å². The average Bonchev–Trinajstić information content (AvgIpc) is 2.85. The van der Waals surface area contributed by atoms with E-state index >= 15 is 0 Å². The van der Waals surface area contributed by atoms with Crippen LogP contribution in [0.3, 0.4) is 0 Å². The molecule has 2 aliphatic rings. The third-order valence-corrected chi connectivity index (χ3v) is 3.60. The number of rotatable bonds is 4. The largest absolute Gasteiger partial charge is 0.480 e. The summed E-state index contributed by atoms with van der Waals surface area (Å²) in [6, 6.07) is 0. The first-order chi connectivity index (χ1) is 8.76. The predicted octanol–water partition coefficient (Wildman–Crippen LogP) is 1.67. The lowest BCUT2D eigenvalue weighted by Crippen LogP contribution is -2.45. The Bertz CT molecular complexity index is 419. The Kier molecular flexibility index (Phi) is 3.56. The van der Waals surface area contributed by atoms with Gasteiger partial charge in [0.05, 0.1) is 0 Å². The number of fused-ring (bicyclic) bond motifs is 2. The number of carbonyl (C=O) groups excluding carboxylic acids is 1. The van der Waals surface area contributed by atoms with E-state index < -0.39 is 37.1 Å². The Morgan fingerprint density at radius 2 is 1.95 bits per heavy atom. The van der Waals surface area contributed by atoms with Crippen LogP contribution in [0.25, 0.3) is 0 Å². The highest BCUT2D eigenvalue weighted by molar-refractivity contribution is 5.84. The molecular weight excluding hydrogens is 263 g/mol. The van der Waals surface area contributed by atoms with Crippen LogP contribution in [0.5, 0.6) is 0 Å². The van der Waals surface area contributed by atoms with Gasteiger partial charge in [-0.15, -0.1) is 0 Å². The molecule has 2 rings (SSSR count). The molecule has 1 amide bonds. The molecule has 4 nitrogen and oxygen atoms in total. The van der Waals surface area contributed by atoms with Gasteiger partial charge in [0, 0.05) is 5.92 Å². The normalized spacial score (nSPS) is 28.7. The molecule has 106 valence electrons. The first-order valence-electron chi connectivity index (χ1n) is 6.02. The van der Waals surface area contributed by atoms with E-state index in [9.17, 15) is 22.8 Å². The van der Waals surface area contributed by atoms with Gasteiger partial charge in [-0.3, -0.25) is 9.59 Å². The number of carboxylic acids is 1. The average molecular weight is 277 g/mol. The second-order valence-corrected chi connectivity index (χ2v) is 5.09. The van der Waals surface area contributed by atoms with Gasteiger partial charge < -0.3 is 10.0 Å². The molecule has 1 N–H and O–H groups in total. The minimum atomic E-state index is -4.58. The second-order valence-electron chi connectivity index (χ2n) is 5.09. The van der Waals surface area contributed by atoms with Gasteiger partial charge in [-0.05, 0) is 24.7 Å². The maximum Gasteiger partial charge on any atom is 0.406 e. The number of allylic oxidation sites excluding steroid dienone is 2. The van der Waals surface area contributed by atoms with E-state index in [0.29, 0.717) is 11.3 Å². The molecule has 0 aromatic heterocycles. The van der Waals surface area contributed by atoms with E-state index in [1.165, 1.54) is 0 Å². The Labute approximate surface area is 107 Å². The SMILES string of the molecule is O=C(O)CN(CC(F)(F)F)C(=O)C1CC2C=CC1C2. The molecular formula is C12H14F3NO3. The molecule has 7 heteroatoms. The third-order valence-electron chi connectivity index (χ3n) is 3.60. The summed E-state index contributed by atoms with van der Waals surface area (Å²) >= 11 is 0. The van der Waals surface area contributed by atoms with Gasteiger partial charge in [-0.1, -0.05) is 12.2 Å². The Balaban J connectivity index is 2.07. The molecule has 0 spiro atoms. The Hall–Kier alpha value is -1.53. The lowest BCUT2D eigenvalue weighted by Gasteiger charge is -2.27. The van der Waals surface area contributed by atoms with E-state index in [1.54, 1.807) is 0 Å². The van der Waals surface area contributed by atoms with Crippen LogP contribution < -0.4 is 0 Å². The van der Waals surface area contributed by atoms with Crippen molar-refractivity contribution in [1.82, 2.24) is 4.90 Å². The molecule has 0 aromatic carbocycles. The zero-order valence-electron chi connectivity index (χ0n) is 10.1. The van der Waals surface area contributed by atoms with Crippen LogP contribution in [0.1, 0.15) is 12.8 Å². The van der Waals surface area contributed by atoms with E-state index in [4.69, 9.17) is 5.11 Å². The summed E-state index contributed by atoms with van der Waals surface area (Å²) in [7, 11) is 0. The maximum atomic E-state index is 12.4. The standard InChI is InChI=1S/C12H14F3NO3/c13-12(14,15)6-16(5-10(17)18)11(19)9-4-7-1-2-8(9)3-7/h1-2,7-9H,3-6H2,(H,17,18). The monoisotopic (exact) mass is 277 g/mol. The molecule has 2 bridgehead atoms. The van der Waals surface area contributed by atoms with Crippen LogP contribution in [0.4, 0.5) is 13.2 Å². The van der Waals surface area contributed by atoms with Gasteiger partial charge in [0.25, 0.3) is 0 Å². The molecule has 0 aromatic rings. The van der Waals surface area contributed by atoms with Crippen LogP contribution >= 0.6 is 0 Å². The summed E-state index contributed by atoms with van der Waals surface area (Å²) in [5.74, 6) is -2.43. The molecule has 19 heavy (non-hydrogen) atoms. The highest BCUT2D eigenvalue weighted by Gasteiger charge is 2.44. The van der Waals surface area contributed by atoms with Crippen LogP contribution in [0.2, 0.25) is 0 Å². The number of amides is 1. The number of alkyl halides is 3. The van der Waals surface area contributed by atoms with Crippen molar-refractivity contribution in [3.63, 3.8) is 0 Å². The molecule has 3 atom stereocenters. The fourth-order valence-corrected chi connectivity index (χ4v) is 2.89. The number of hydrogen-bond donors (Lipinski definition) is 1. The molecule has 0 heterocycles. The topological polar surface area (TPSA) is 57.6 Å². The number of nitrogens with zero attached hydrogens (tertiary/aromatic N) is 1. The van der Waals surface area contributed by atoms with Crippen molar-refractivity contribution in [3.05, 3.63) is 12.2 Å². The summed E-state index contributed by atoms with van der Waals surface area (Å²) in [6.07, 6.45) is 0.541. The number of carbonyl (C=O) groups is 2. The van der Waals surface area contributed by atoms with Crippen LogP contribution in [0, 0.1) is 17.8 Å². The second kappa shape index (κ2) is 4.86. The first-order valence-corrected chi connectivity index (χ1v) is 6.02. The number of aliphatic carboxylic acids is 1. The number of carboxylic acid groups (broad SMARTS) is 1. The summed E-state index contributed by atoms with van der Waals surface area (Å²) in [5.41, 5.74) is 0. The molecule has 0 radical (unpaired) electrons. The molecule has 1 saturated carbocycles. The Morgan fingerprint density at radius 3 is 2.37 bits per heavy atom. The van der Waals surface area contributed by atoms with E-state index in [2.05, 4.69) is 0 Å². The van der Waals surface area contributed by atoms with E-state index in [-0.39, 0.29) is 11.8 Å². The van der Waals surface area contributed by atoms with Crippen LogP contribution in [-0.2, 0) is 9.59 Å². The van der Waals surface area contributed by atoms with Gasteiger partial charge in [0.1, 0.15) is 13.1 Å². The highest BCUT2D eigenvalue weighted by atomic mass is 19.4. The van der Waals surface area contributed by atoms with Crippen molar-refractivity contribution in [2.45, 2.75) is 19.0 Å². The van der Waals surface area contributed by atoms with Crippen molar-refractivity contribution >= 4 is 11.9 Å². The van der Waals surface area contributed by atoms with Crippen molar-refractivity contribution in [2.24, 2.45) is 17.8 Å². The van der Waals surface area contributed by atoms with Gasteiger partial charge in [-0.25, -0.2) is 0 Å². The third kappa shape index (κ3) is 3.27. The molecule has 0 saturated heterocycles. The maximum absolute atomic E-state index is 12.4. The fraction of sp³-hybridized carbons (Fsp3) is 0.667. The molecule has 3 unspecified atom stereocenters. The molecule has 0 aliphatic heterocycles. The van der Waals surface area contributed by atoms with Gasteiger partial charge in [-0.2, -0.15) is 13.2 Å². The lowest BCUT2D eigenvalue weighted by atomic mass is 9.92. The fourth-order valence-electron chi connectivity index (χ4n) is 2.89. The summed E-state index contributed by atoms with van der Waals surface area (Å²) in [6.45, 7) is -2.41. The summed E-state index contributed by atoms with van der Waals surface area (Å²) < 4.78 is 37.2. The van der Waals surface area contributed by atoms with Gasteiger partial charge in [0.2, 0.25) is 5.91 Å². The van der Waals surface area contributed by atoms with E-state index in [1.807, 2.05) is 12.2 Å². The van der Waals surface area contributed by atoms with Crippen LogP contribution in [-0.4, -0.2) is 41.1 Å². The molecule has 2 aliphatic carbocycles. The zero-order valence-corrected chi connectivity index (χ0v) is 10.1. The van der Waals surface area contributed by atoms with Gasteiger partial charge >= 0.3 is 12.1 Å². The first kappa shape index (κ1) is 13.9. The lowest BCUT2D eigenvalue weighted by molar-refractivity contribution is -0.168. The quantitative estimate of drug-likeness (QED) is 0.795. The predicted molar refractivity (Wildman–Crippen MR) is 59.1 cm³/mol. The minimum Gasteiger partial charge on any atom is -0.480 e. The number of halogens is 3. The smallest absolute Gasteiger partial charge is 0.406 e. The van der Waals surface area contributed by atoms with Crippen molar-refractivity contribution in [1.29, 1.82) is 0 Å². The zero-order chi connectivity index (χ0) is 14.2. The highest BCUT2D eigenvalue weighted by Crippen LogP contribution is 2.44. The summed E-state index contributed by atoms with van der Waals surface area (Å²) in [5, 5.41) is 8.63. The van der Waals surface area contributed by atoms with Crippen molar-refractivity contribution in [3.8, 4) is 0 Å². The van der Waals surface area contributed by atoms with Crippen molar-refractivity contribution < 1.29 is 27.9 Å². The number of hydrogen-bond acceptors (Lipinski definition) is 2. The minimum absolute atomic E-state index is 0.0398. The van der Waals surface area contributed by atoms with Crippen molar-refractivity contribution in [2.75, 3.05) is 13.1 Å². The van der Waals surface area contributed by atoms with Crippen LogP contribution in [0.15, 0.2) is 12.2 Å². The van der Waals surface area contributed by atoms with Gasteiger partial charge in [0.15, 0.2) is 0 Å². The Morgan fingerprint density at radius 1 is 1.26 bits per heavy atom. The molecule has 1 fully saturated rings.